The van der Waals surface area contributed by atoms with Crippen LogP contribution in [0, 0.1) is 0 Å². The van der Waals surface area contributed by atoms with Crippen LogP contribution in [0.2, 0.25) is 0 Å². The number of nitrogens with one attached hydrogen (secondary N) is 1. The Morgan fingerprint density at radius 3 is 2.16 bits per heavy atom. The van der Waals surface area contributed by atoms with Gasteiger partial charge in [-0.3, -0.25) is 4.79 Å². The Kier molecular flexibility index (Phi) is 13.1. The van der Waals surface area contributed by atoms with E-state index in [1.165, 1.54) is 57.8 Å². The number of hydrogen-bond acceptors (Lipinski definition) is 4. The quantitative estimate of drug-likeness (QED) is 0.243. The van der Waals surface area contributed by atoms with Crippen molar-refractivity contribution in [3.8, 4) is 11.3 Å². The number of unbranched alkanes of at least 4 members (excludes halogenated alkanes) is 10. The van der Waals surface area contributed by atoms with Gasteiger partial charge in [0, 0.05) is 36.1 Å². The van der Waals surface area contributed by atoms with Crippen molar-refractivity contribution in [1.29, 1.82) is 0 Å². The molecule has 1 aromatic heterocycles. The summed E-state index contributed by atoms with van der Waals surface area (Å²) in [5.41, 5.74) is 2.87. The maximum absolute atomic E-state index is 12.4. The molecular weight excluding hydrogens is 414 g/mol. The summed E-state index contributed by atoms with van der Waals surface area (Å²) >= 11 is 1.67. The fourth-order valence-electron chi connectivity index (χ4n) is 3.97. The van der Waals surface area contributed by atoms with Crippen LogP contribution in [0.25, 0.3) is 11.3 Å². The van der Waals surface area contributed by atoms with E-state index in [-0.39, 0.29) is 5.91 Å². The number of anilines is 2. The molecule has 2 aromatic rings. The zero-order chi connectivity index (χ0) is 23.0. The number of benzene rings is 1. The zero-order valence-corrected chi connectivity index (χ0v) is 21.3. The normalized spacial score (nSPS) is 11.0. The topological polar surface area (TPSA) is 45.2 Å². The standard InChI is InChI=1S/C27H43N3OS/c1-4-7-8-9-10-11-12-13-14-15-16-20-26(31)28-24-19-17-18-23(21-24)25-22-32-27(29-25)30(5-2)6-3/h17-19,21-22H,4-16,20H2,1-3H3,(H,28,31). The molecule has 2 rings (SSSR count). The van der Waals surface area contributed by atoms with E-state index in [4.69, 9.17) is 4.98 Å². The van der Waals surface area contributed by atoms with E-state index in [1.807, 2.05) is 18.2 Å². The first-order valence-electron chi connectivity index (χ1n) is 12.8. The Hall–Kier alpha value is -1.88. The van der Waals surface area contributed by atoms with Gasteiger partial charge in [0.05, 0.1) is 5.69 Å². The van der Waals surface area contributed by atoms with E-state index in [2.05, 4.69) is 42.4 Å². The molecule has 0 aliphatic rings. The van der Waals surface area contributed by atoms with Crippen molar-refractivity contribution >= 4 is 28.1 Å². The molecule has 0 atom stereocenters. The van der Waals surface area contributed by atoms with Crippen molar-refractivity contribution in [2.75, 3.05) is 23.3 Å². The van der Waals surface area contributed by atoms with Crippen LogP contribution in [0.5, 0.6) is 0 Å². The highest BCUT2D eigenvalue weighted by Gasteiger charge is 2.10. The van der Waals surface area contributed by atoms with Crippen LogP contribution >= 0.6 is 11.3 Å². The van der Waals surface area contributed by atoms with E-state index >= 15 is 0 Å². The Bertz CT molecular complexity index is 770. The van der Waals surface area contributed by atoms with Gasteiger partial charge in [-0.2, -0.15) is 0 Å². The highest BCUT2D eigenvalue weighted by Crippen LogP contribution is 2.28. The van der Waals surface area contributed by atoms with Crippen molar-refractivity contribution in [1.82, 2.24) is 4.98 Å². The van der Waals surface area contributed by atoms with Gasteiger partial charge in [0.1, 0.15) is 0 Å². The first kappa shape index (κ1) is 26.4. The average Bonchev–Trinajstić information content (AvgIpc) is 3.28. The van der Waals surface area contributed by atoms with Gasteiger partial charge in [-0.1, -0.05) is 83.3 Å². The molecule has 4 nitrogen and oxygen atoms in total. The number of amides is 1. The Labute approximate surface area is 199 Å². The lowest BCUT2D eigenvalue weighted by atomic mass is 10.1. The minimum atomic E-state index is 0.111. The summed E-state index contributed by atoms with van der Waals surface area (Å²) in [5, 5.41) is 6.21. The van der Waals surface area contributed by atoms with E-state index in [1.54, 1.807) is 11.3 Å². The molecule has 0 unspecified atom stereocenters. The predicted molar refractivity (Wildman–Crippen MR) is 141 cm³/mol. The molecule has 0 aliphatic heterocycles. The van der Waals surface area contributed by atoms with Gasteiger partial charge in [0.2, 0.25) is 5.91 Å². The second kappa shape index (κ2) is 15.8. The molecule has 32 heavy (non-hydrogen) atoms. The number of hydrogen-bond donors (Lipinski definition) is 1. The number of nitrogens with zero attached hydrogens (tertiary/aromatic N) is 2. The fraction of sp³-hybridized carbons (Fsp3) is 0.630. The van der Waals surface area contributed by atoms with Gasteiger partial charge in [-0.05, 0) is 32.4 Å². The molecule has 0 radical (unpaired) electrons. The first-order chi connectivity index (χ1) is 15.7. The third-order valence-corrected chi connectivity index (χ3v) is 6.88. The summed E-state index contributed by atoms with van der Waals surface area (Å²) in [6.45, 7) is 8.48. The summed E-state index contributed by atoms with van der Waals surface area (Å²) in [6.07, 6.45) is 14.9. The SMILES string of the molecule is CCCCCCCCCCCCCC(=O)Nc1cccc(-c2csc(N(CC)CC)n2)c1. The second-order valence-corrected chi connectivity index (χ2v) is 9.44. The lowest BCUT2D eigenvalue weighted by Crippen LogP contribution is -2.21. The first-order valence-corrected chi connectivity index (χ1v) is 13.7. The predicted octanol–water partition coefficient (Wildman–Crippen LogP) is 8.30. The summed E-state index contributed by atoms with van der Waals surface area (Å²) in [5.74, 6) is 0.111. The molecule has 1 N–H and O–H groups in total. The van der Waals surface area contributed by atoms with Crippen molar-refractivity contribution < 1.29 is 4.79 Å². The molecule has 0 bridgehead atoms. The smallest absolute Gasteiger partial charge is 0.224 e. The van der Waals surface area contributed by atoms with Crippen LogP contribution in [0.4, 0.5) is 10.8 Å². The second-order valence-electron chi connectivity index (χ2n) is 8.60. The molecule has 0 spiro atoms. The third kappa shape index (κ3) is 9.72. The van der Waals surface area contributed by atoms with Gasteiger partial charge >= 0.3 is 0 Å². The van der Waals surface area contributed by atoms with Crippen LogP contribution in [0.1, 0.15) is 97.8 Å². The van der Waals surface area contributed by atoms with Crippen LogP contribution in [0.15, 0.2) is 29.6 Å². The van der Waals surface area contributed by atoms with E-state index in [0.717, 1.165) is 48.0 Å². The number of carbonyl (C=O) groups excluding carboxylic acids is 1. The Morgan fingerprint density at radius 2 is 1.53 bits per heavy atom. The lowest BCUT2D eigenvalue weighted by molar-refractivity contribution is -0.116. The lowest BCUT2D eigenvalue weighted by Gasteiger charge is -2.16. The van der Waals surface area contributed by atoms with E-state index < -0.39 is 0 Å². The fourth-order valence-corrected chi connectivity index (χ4v) is 4.93. The molecule has 1 amide bonds. The number of carbonyl (C=O) groups is 1. The van der Waals surface area contributed by atoms with Crippen molar-refractivity contribution in [2.45, 2.75) is 97.8 Å². The molecule has 178 valence electrons. The zero-order valence-electron chi connectivity index (χ0n) is 20.5. The van der Waals surface area contributed by atoms with E-state index in [0.29, 0.717) is 6.42 Å². The van der Waals surface area contributed by atoms with Crippen molar-refractivity contribution in [3.63, 3.8) is 0 Å². The Balaban J connectivity index is 1.66. The summed E-state index contributed by atoms with van der Waals surface area (Å²) in [6, 6.07) is 8.03. The maximum Gasteiger partial charge on any atom is 0.224 e. The molecule has 5 heteroatoms. The largest absolute Gasteiger partial charge is 0.349 e. The molecule has 1 aromatic carbocycles. The van der Waals surface area contributed by atoms with Gasteiger partial charge < -0.3 is 10.2 Å². The highest BCUT2D eigenvalue weighted by molar-refractivity contribution is 7.14. The summed E-state index contributed by atoms with van der Waals surface area (Å²) in [4.78, 5) is 19.4. The molecular formula is C27H43N3OS. The number of aromatic nitrogens is 1. The van der Waals surface area contributed by atoms with Crippen LogP contribution in [-0.4, -0.2) is 24.0 Å². The van der Waals surface area contributed by atoms with Crippen LogP contribution < -0.4 is 10.2 Å². The molecule has 1 heterocycles. The molecule has 0 saturated heterocycles. The van der Waals surface area contributed by atoms with Crippen molar-refractivity contribution in [3.05, 3.63) is 29.6 Å². The minimum absolute atomic E-state index is 0.111. The van der Waals surface area contributed by atoms with Gasteiger partial charge in [0.15, 0.2) is 5.13 Å². The summed E-state index contributed by atoms with van der Waals surface area (Å²) in [7, 11) is 0. The number of rotatable bonds is 17. The molecule has 0 fully saturated rings. The van der Waals surface area contributed by atoms with Gasteiger partial charge in [-0.15, -0.1) is 11.3 Å². The van der Waals surface area contributed by atoms with Crippen LogP contribution in [0.3, 0.4) is 0 Å². The van der Waals surface area contributed by atoms with Crippen LogP contribution in [-0.2, 0) is 4.79 Å². The van der Waals surface area contributed by atoms with Gasteiger partial charge in [0.25, 0.3) is 0 Å². The third-order valence-electron chi connectivity index (χ3n) is 5.98. The monoisotopic (exact) mass is 457 g/mol. The molecule has 0 saturated carbocycles. The number of thiazole rings is 1. The minimum Gasteiger partial charge on any atom is -0.349 e. The Morgan fingerprint density at radius 1 is 0.906 bits per heavy atom. The highest BCUT2D eigenvalue weighted by atomic mass is 32.1. The van der Waals surface area contributed by atoms with Gasteiger partial charge in [-0.25, -0.2) is 4.98 Å². The average molecular weight is 458 g/mol. The summed E-state index contributed by atoms with van der Waals surface area (Å²) < 4.78 is 0. The maximum atomic E-state index is 12.4. The van der Waals surface area contributed by atoms with E-state index in [9.17, 15) is 4.79 Å². The van der Waals surface area contributed by atoms with Crippen molar-refractivity contribution in [2.24, 2.45) is 0 Å². The molecule has 0 aliphatic carbocycles.